The molecule has 0 aliphatic rings. The fourth-order valence-electron chi connectivity index (χ4n) is 5.17. The maximum Gasteiger partial charge on any atom is 0.339 e. The first-order valence-electron chi connectivity index (χ1n) is 14.0. The Morgan fingerprint density at radius 1 is 0.780 bits per heavy atom. The van der Waals surface area contributed by atoms with Gasteiger partial charge in [-0.2, -0.15) is 0 Å². The zero-order valence-corrected chi connectivity index (χ0v) is 23.3. The molecule has 0 aliphatic carbocycles. The molecule has 1 heterocycles. The van der Waals surface area contributed by atoms with Crippen molar-refractivity contribution in [3.05, 3.63) is 132 Å². The number of aromatic carboxylic acids is 1. The van der Waals surface area contributed by atoms with E-state index in [4.69, 9.17) is 4.98 Å². The number of nitrogens with zero attached hydrogens (tertiary/aromatic N) is 3. The number of imidazole rings is 1. The molecule has 0 saturated carbocycles. The molecule has 5 aromatic rings. The van der Waals surface area contributed by atoms with Crippen molar-refractivity contribution in [1.82, 2.24) is 14.5 Å². The second kappa shape index (κ2) is 13.1. The topological polar surface area (TPSA) is 78.6 Å². The van der Waals surface area contributed by atoms with E-state index in [0.29, 0.717) is 19.6 Å². The van der Waals surface area contributed by atoms with Crippen molar-refractivity contribution in [2.24, 2.45) is 0 Å². The standard InChI is InChI=1S/C35H35N3O3/c1-2-3-21-38-31(33(28-15-9-5-10-16-28)36-34(38)29-17-11-6-12-18-29)25-37(23-26-13-7-4-8-14-26)24-27-19-20-32(39)30(22-27)35(40)41/h4-20,22,39H,2-3,21,23-25H2,1H3,(H,40,41). The lowest BCUT2D eigenvalue weighted by molar-refractivity contribution is 0.0693. The summed E-state index contributed by atoms with van der Waals surface area (Å²) in [5.74, 6) is -0.423. The van der Waals surface area contributed by atoms with Crippen molar-refractivity contribution in [1.29, 1.82) is 0 Å². The molecule has 0 spiro atoms. The molecule has 208 valence electrons. The molecule has 0 atom stereocenters. The smallest absolute Gasteiger partial charge is 0.339 e. The molecule has 0 radical (unpaired) electrons. The van der Waals surface area contributed by atoms with Crippen LogP contribution in [0.25, 0.3) is 22.6 Å². The summed E-state index contributed by atoms with van der Waals surface area (Å²) in [4.78, 5) is 19.3. The van der Waals surface area contributed by atoms with Crippen LogP contribution in [0.3, 0.4) is 0 Å². The number of carbonyl (C=O) groups is 1. The van der Waals surface area contributed by atoms with Crippen LogP contribution in [0.1, 0.15) is 46.9 Å². The van der Waals surface area contributed by atoms with Crippen LogP contribution in [0.4, 0.5) is 0 Å². The number of benzene rings is 4. The van der Waals surface area contributed by atoms with Gasteiger partial charge in [0.2, 0.25) is 0 Å². The molecule has 0 fully saturated rings. The Bertz CT molecular complexity index is 1580. The van der Waals surface area contributed by atoms with E-state index in [1.54, 1.807) is 12.1 Å². The lowest BCUT2D eigenvalue weighted by atomic mass is 10.1. The van der Waals surface area contributed by atoms with Gasteiger partial charge >= 0.3 is 5.97 Å². The van der Waals surface area contributed by atoms with Crippen LogP contribution in [0.5, 0.6) is 5.75 Å². The molecule has 5 rings (SSSR count). The first kappa shape index (κ1) is 27.9. The van der Waals surface area contributed by atoms with Crippen LogP contribution in [0.15, 0.2) is 109 Å². The average Bonchev–Trinajstić information content (AvgIpc) is 3.36. The Labute approximate surface area is 241 Å². The fraction of sp³-hybridized carbons (Fsp3) is 0.200. The number of hydrogen-bond acceptors (Lipinski definition) is 4. The molecule has 41 heavy (non-hydrogen) atoms. The largest absolute Gasteiger partial charge is 0.507 e. The van der Waals surface area contributed by atoms with Gasteiger partial charge in [0.05, 0.1) is 11.4 Å². The second-order valence-electron chi connectivity index (χ2n) is 10.3. The van der Waals surface area contributed by atoms with E-state index in [1.165, 1.54) is 6.07 Å². The third kappa shape index (κ3) is 6.73. The number of aromatic hydroxyl groups is 1. The highest BCUT2D eigenvalue weighted by Crippen LogP contribution is 2.32. The fourth-order valence-corrected chi connectivity index (χ4v) is 5.17. The molecule has 4 aromatic carbocycles. The molecule has 0 amide bonds. The van der Waals surface area contributed by atoms with Gasteiger partial charge in [-0.25, -0.2) is 9.78 Å². The molecule has 0 unspecified atom stereocenters. The number of carboxylic acids is 1. The van der Waals surface area contributed by atoms with Gasteiger partial charge in [0.1, 0.15) is 17.1 Å². The van der Waals surface area contributed by atoms with Crippen LogP contribution in [-0.4, -0.2) is 30.6 Å². The quantitative estimate of drug-likeness (QED) is 0.169. The first-order chi connectivity index (χ1) is 20.0. The summed E-state index contributed by atoms with van der Waals surface area (Å²) in [7, 11) is 0. The number of carboxylic acid groups (broad SMARTS) is 1. The van der Waals surface area contributed by atoms with Crippen LogP contribution in [0, 0.1) is 0 Å². The zero-order chi connectivity index (χ0) is 28.6. The lowest BCUT2D eigenvalue weighted by Gasteiger charge is -2.25. The Morgan fingerprint density at radius 2 is 1.39 bits per heavy atom. The number of hydrogen-bond donors (Lipinski definition) is 2. The summed E-state index contributed by atoms with van der Waals surface area (Å²) >= 11 is 0. The molecule has 6 nitrogen and oxygen atoms in total. The monoisotopic (exact) mass is 545 g/mol. The Hall–Kier alpha value is -4.68. The number of rotatable bonds is 12. The molecular formula is C35H35N3O3. The summed E-state index contributed by atoms with van der Waals surface area (Å²) < 4.78 is 2.36. The maximum absolute atomic E-state index is 11.7. The van der Waals surface area contributed by atoms with Gasteiger partial charge in [-0.1, -0.05) is 110 Å². The maximum atomic E-state index is 11.7. The molecule has 0 saturated heterocycles. The van der Waals surface area contributed by atoms with E-state index in [-0.39, 0.29) is 11.3 Å². The summed E-state index contributed by atoms with van der Waals surface area (Å²) in [6, 6.07) is 35.7. The Kier molecular flexibility index (Phi) is 8.92. The Balaban J connectivity index is 1.62. The minimum absolute atomic E-state index is 0.0912. The normalized spacial score (nSPS) is 11.2. The van der Waals surface area contributed by atoms with E-state index in [2.05, 4.69) is 52.8 Å². The van der Waals surface area contributed by atoms with E-state index >= 15 is 0 Å². The van der Waals surface area contributed by atoms with Crippen LogP contribution in [0.2, 0.25) is 0 Å². The van der Waals surface area contributed by atoms with Gasteiger partial charge < -0.3 is 14.8 Å². The SMILES string of the molecule is CCCCn1c(-c2ccccc2)nc(-c2ccccc2)c1CN(Cc1ccccc1)Cc1ccc(O)c(C(=O)O)c1. The van der Waals surface area contributed by atoms with Crippen molar-refractivity contribution in [3.63, 3.8) is 0 Å². The van der Waals surface area contributed by atoms with Gasteiger partial charge in [0.25, 0.3) is 0 Å². The van der Waals surface area contributed by atoms with Gasteiger partial charge in [0, 0.05) is 37.3 Å². The third-order valence-corrected chi connectivity index (χ3v) is 7.21. The van der Waals surface area contributed by atoms with E-state index in [1.807, 2.05) is 54.6 Å². The number of unbranched alkanes of at least 4 members (excludes halogenated alkanes) is 1. The molecule has 0 aliphatic heterocycles. The summed E-state index contributed by atoms with van der Waals surface area (Å²) in [6.07, 6.45) is 2.09. The first-order valence-corrected chi connectivity index (χ1v) is 14.0. The van der Waals surface area contributed by atoms with E-state index in [0.717, 1.165) is 58.9 Å². The predicted molar refractivity (Wildman–Crippen MR) is 162 cm³/mol. The van der Waals surface area contributed by atoms with Crippen LogP contribution < -0.4 is 0 Å². The molecule has 2 N–H and O–H groups in total. The molecule has 0 bridgehead atoms. The number of aromatic nitrogens is 2. The van der Waals surface area contributed by atoms with Crippen molar-refractivity contribution < 1.29 is 15.0 Å². The van der Waals surface area contributed by atoms with Gasteiger partial charge in [0.15, 0.2) is 0 Å². The summed E-state index contributed by atoms with van der Waals surface area (Å²) in [5.41, 5.74) is 6.10. The van der Waals surface area contributed by atoms with E-state index in [9.17, 15) is 15.0 Å². The van der Waals surface area contributed by atoms with Crippen molar-refractivity contribution >= 4 is 5.97 Å². The van der Waals surface area contributed by atoms with Gasteiger partial charge in [-0.05, 0) is 29.7 Å². The van der Waals surface area contributed by atoms with Crippen LogP contribution >= 0.6 is 0 Å². The minimum atomic E-state index is -1.14. The van der Waals surface area contributed by atoms with Crippen molar-refractivity contribution in [3.8, 4) is 28.4 Å². The molecular weight excluding hydrogens is 510 g/mol. The van der Waals surface area contributed by atoms with Crippen molar-refractivity contribution in [2.45, 2.75) is 45.9 Å². The highest BCUT2D eigenvalue weighted by molar-refractivity contribution is 5.90. The van der Waals surface area contributed by atoms with Gasteiger partial charge in [-0.3, -0.25) is 4.90 Å². The lowest BCUT2D eigenvalue weighted by Crippen LogP contribution is -2.25. The van der Waals surface area contributed by atoms with Crippen LogP contribution in [-0.2, 0) is 26.2 Å². The zero-order valence-electron chi connectivity index (χ0n) is 23.3. The van der Waals surface area contributed by atoms with Gasteiger partial charge in [-0.15, -0.1) is 0 Å². The van der Waals surface area contributed by atoms with Crippen molar-refractivity contribution in [2.75, 3.05) is 0 Å². The molecule has 6 heteroatoms. The third-order valence-electron chi connectivity index (χ3n) is 7.21. The summed E-state index contributed by atoms with van der Waals surface area (Å²) in [5, 5.41) is 19.7. The predicted octanol–water partition coefficient (Wildman–Crippen LogP) is 7.62. The van der Waals surface area contributed by atoms with E-state index < -0.39 is 5.97 Å². The Morgan fingerprint density at radius 3 is 2.02 bits per heavy atom. The number of phenols is 1. The summed E-state index contributed by atoms with van der Waals surface area (Å²) in [6.45, 7) is 4.81. The molecule has 1 aromatic heterocycles. The average molecular weight is 546 g/mol. The minimum Gasteiger partial charge on any atom is -0.507 e. The highest BCUT2D eigenvalue weighted by Gasteiger charge is 2.22. The highest BCUT2D eigenvalue weighted by atomic mass is 16.4. The second-order valence-corrected chi connectivity index (χ2v) is 10.3.